The van der Waals surface area contributed by atoms with E-state index in [1.807, 2.05) is 44.0 Å². The molecule has 0 radical (unpaired) electrons. The van der Waals surface area contributed by atoms with Crippen molar-refractivity contribution in [1.82, 2.24) is 4.90 Å². The van der Waals surface area contributed by atoms with Crippen LogP contribution in [0.3, 0.4) is 0 Å². The normalized spacial score (nSPS) is 12.3. The van der Waals surface area contributed by atoms with Gasteiger partial charge in [-0.05, 0) is 51.1 Å². The van der Waals surface area contributed by atoms with Crippen molar-refractivity contribution in [2.24, 2.45) is 0 Å². The number of amides is 1. The number of thiophene rings is 1. The van der Waals surface area contributed by atoms with Crippen LogP contribution in [0.5, 0.6) is 11.5 Å². The number of nitrogens with zero attached hydrogens (tertiary/aromatic N) is 1. The average molecular weight is 404 g/mol. The second kappa shape index (κ2) is 8.62. The second-order valence-electron chi connectivity index (χ2n) is 6.62. The predicted molar refractivity (Wildman–Crippen MR) is 107 cm³/mol. The van der Waals surface area contributed by atoms with Gasteiger partial charge in [0.2, 0.25) is 12.7 Å². The molecule has 1 aliphatic heterocycles. The molecular formula is C20H24N2O5S. The molecule has 2 heterocycles. The lowest BCUT2D eigenvalue weighted by atomic mass is 10.1. The molecule has 0 atom stereocenters. The SMILES string of the molecule is CCOC(=O)c1c(NC(=O)CN(C)Cc2ccc3c(c2)OCO3)sc(C)c1C. The van der Waals surface area contributed by atoms with Crippen molar-refractivity contribution in [1.29, 1.82) is 0 Å². The first-order chi connectivity index (χ1) is 13.4. The smallest absolute Gasteiger partial charge is 0.341 e. The fourth-order valence-electron chi connectivity index (χ4n) is 2.98. The number of benzene rings is 1. The van der Waals surface area contributed by atoms with Crippen molar-refractivity contribution in [2.45, 2.75) is 27.3 Å². The van der Waals surface area contributed by atoms with E-state index in [4.69, 9.17) is 14.2 Å². The molecule has 1 aromatic heterocycles. The van der Waals surface area contributed by atoms with Gasteiger partial charge >= 0.3 is 5.97 Å². The van der Waals surface area contributed by atoms with Crippen LogP contribution in [0.25, 0.3) is 0 Å². The zero-order valence-electron chi connectivity index (χ0n) is 16.5. The van der Waals surface area contributed by atoms with E-state index >= 15 is 0 Å². The van der Waals surface area contributed by atoms with Gasteiger partial charge in [-0.2, -0.15) is 0 Å². The maximum absolute atomic E-state index is 12.5. The first kappa shape index (κ1) is 20.2. The fraction of sp³-hybridized carbons (Fsp3) is 0.400. The first-order valence-electron chi connectivity index (χ1n) is 9.03. The number of esters is 1. The average Bonchev–Trinajstić information content (AvgIpc) is 3.19. The molecule has 150 valence electrons. The Morgan fingerprint density at radius 1 is 1.25 bits per heavy atom. The molecule has 0 unspecified atom stereocenters. The molecule has 8 heteroatoms. The number of nitrogens with one attached hydrogen (secondary N) is 1. The van der Waals surface area contributed by atoms with E-state index in [2.05, 4.69) is 5.32 Å². The summed E-state index contributed by atoms with van der Waals surface area (Å²) in [5.41, 5.74) is 2.30. The third-order valence-corrected chi connectivity index (χ3v) is 5.54. The lowest BCUT2D eigenvalue weighted by Crippen LogP contribution is -2.30. The van der Waals surface area contributed by atoms with Gasteiger partial charge in [-0.1, -0.05) is 6.07 Å². The van der Waals surface area contributed by atoms with E-state index < -0.39 is 5.97 Å². The van der Waals surface area contributed by atoms with Crippen LogP contribution in [0.2, 0.25) is 0 Å². The Labute approximate surface area is 168 Å². The number of likely N-dealkylation sites (N-methyl/N-ethyl adjacent to an activating group) is 1. The van der Waals surface area contributed by atoms with Crippen LogP contribution in [-0.2, 0) is 16.1 Å². The monoisotopic (exact) mass is 404 g/mol. The molecule has 7 nitrogen and oxygen atoms in total. The molecule has 0 saturated carbocycles. The lowest BCUT2D eigenvalue weighted by Gasteiger charge is -2.16. The number of ether oxygens (including phenoxy) is 3. The minimum Gasteiger partial charge on any atom is -0.462 e. The highest BCUT2D eigenvalue weighted by Crippen LogP contribution is 2.34. The van der Waals surface area contributed by atoms with Crippen molar-refractivity contribution in [3.8, 4) is 11.5 Å². The van der Waals surface area contributed by atoms with Gasteiger partial charge in [-0.3, -0.25) is 9.69 Å². The number of hydrogen-bond acceptors (Lipinski definition) is 7. The third-order valence-electron chi connectivity index (χ3n) is 4.42. The fourth-order valence-corrected chi connectivity index (χ4v) is 4.05. The van der Waals surface area contributed by atoms with Crippen LogP contribution in [0, 0.1) is 13.8 Å². The molecule has 2 aromatic rings. The van der Waals surface area contributed by atoms with Crippen LogP contribution in [0.1, 0.15) is 33.3 Å². The molecule has 0 spiro atoms. The van der Waals surface area contributed by atoms with Gasteiger partial charge < -0.3 is 19.5 Å². The minimum atomic E-state index is -0.409. The van der Waals surface area contributed by atoms with Crippen LogP contribution in [0.4, 0.5) is 5.00 Å². The molecular weight excluding hydrogens is 380 g/mol. The summed E-state index contributed by atoms with van der Waals surface area (Å²) in [6.07, 6.45) is 0. The number of carbonyl (C=O) groups excluding carboxylic acids is 2. The summed E-state index contributed by atoms with van der Waals surface area (Å²) in [6, 6.07) is 5.74. The molecule has 1 N–H and O–H groups in total. The number of carbonyl (C=O) groups is 2. The van der Waals surface area contributed by atoms with Crippen LogP contribution in [0.15, 0.2) is 18.2 Å². The maximum Gasteiger partial charge on any atom is 0.341 e. The van der Waals surface area contributed by atoms with Crippen molar-refractivity contribution in [3.05, 3.63) is 39.8 Å². The highest BCUT2D eigenvalue weighted by molar-refractivity contribution is 7.16. The van der Waals surface area contributed by atoms with Gasteiger partial charge in [-0.15, -0.1) is 11.3 Å². The number of hydrogen-bond donors (Lipinski definition) is 1. The summed E-state index contributed by atoms with van der Waals surface area (Å²) in [6.45, 7) is 6.84. The number of rotatable bonds is 7. The van der Waals surface area contributed by atoms with Crippen molar-refractivity contribution in [2.75, 3.05) is 32.3 Å². The summed E-state index contributed by atoms with van der Waals surface area (Å²) in [5, 5.41) is 3.40. The molecule has 1 aliphatic rings. The molecule has 0 aliphatic carbocycles. The number of aryl methyl sites for hydroxylation is 1. The minimum absolute atomic E-state index is 0.185. The summed E-state index contributed by atoms with van der Waals surface area (Å²) in [7, 11) is 1.86. The van der Waals surface area contributed by atoms with Gasteiger partial charge in [-0.25, -0.2) is 4.79 Å². The van der Waals surface area contributed by atoms with E-state index in [0.717, 1.165) is 27.5 Å². The lowest BCUT2D eigenvalue weighted by molar-refractivity contribution is -0.117. The zero-order chi connectivity index (χ0) is 20.3. The Morgan fingerprint density at radius 3 is 2.75 bits per heavy atom. The quantitative estimate of drug-likeness (QED) is 0.714. The van der Waals surface area contributed by atoms with Gasteiger partial charge in [0.15, 0.2) is 11.5 Å². The highest BCUT2D eigenvalue weighted by Gasteiger charge is 2.22. The maximum atomic E-state index is 12.5. The van der Waals surface area contributed by atoms with Crippen LogP contribution < -0.4 is 14.8 Å². The Morgan fingerprint density at radius 2 is 2.00 bits per heavy atom. The summed E-state index contributed by atoms with van der Waals surface area (Å²) in [5.74, 6) is 0.862. The molecule has 28 heavy (non-hydrogen) atoms. The van der Waals surface area contributed by atoms with Gasteiger partial charge in [0, 0.05) is 11.4 Å². The summed E-state index contributed by atoms with van der Waals surface area (Å²) >= 11 is 1.39. The molecule has 0 bridgehead atoms. The van der Waals surface area contributed by atoms with Crippen LogP contribution >= 0.6 is 11.3 Å². The van der Waals surface area contributed by atoms with E-state index in [9.17, 15) is 9.59 Å². The Kier molecular flexibility index (Phi) is 6.21. The summed E-state index contributed by atoms with van der Waals surface area (Å²) in [4.78, 5) is 27.6. The largest absolute Gasteiger partial charge is 0.462 e. The van der Waals surface area contributed by atoms with E-state index in [0.29, 0.717) is 23.7 Å². The van der Waals surface area contributed by atoms with Crippen LogP contribution in [-0.4, -0.2) is 43.8 Å². The molecule has 1 aromatic carbocycles. The van der Waals surface area contributed by atoms with Gasteiger partial charge in [0.25, 0.3) is 0 Å². The van der Waals surface area contributed by atoms with Crippen molar-refractivity contribution in [3.63, 3.8) is 0 Å². The van der Waals surface area contributed by atoms with Crippen molar-refractivity contribution < 1.29 is 23.8 Å². The Hall–Kier alpha value is -2.58. The predicted octanol–water partition coefficient (Wildman–Crippen LogP) is 3.34. The molecule has 0 saturated heterocycles. The standard InChI is InChI=1S/C20H24N2O5S/c1-5-25-20(24)18-12(2)13(3)28-19(18)21-17(23)10-22(4)9-14-6-7-15-16(8-14)27-11-26-15/h6-8H,5,9-11H2,1-4H3,(H,21,23). The third kappa shape index (κ3) is 4.45. The zero-order valence-corrected chi connectivity index (χ0v) is 17.3. The summed E-state index contributed by atoms with van der Waals surface area (Å²) < 4.78 is 15.8. The highest BCUT2D eigenvalue weighted by atomic mass is 32.1. The van der Waals surface area contributed by atoms with Gasteiger partial charge in [0.05, 0.1) is 18.7 Å². The van der Waals surface area contributed by atoms with E-state index in [1.165, 1.54) is 11.3 Å². The van der Waals surface area contributed by atoms with Gasteiger partial charge in [0.1, 0.15) is 5.00 Å². The van der Waals surface area contributed by atoms with Crippen molar-refractivity contribution >= 4 is 28.2 Å². The first-order valence-corrected chi connectivity index (χ1v) is 9.84. The molecule has 0 fully saturated rings. The number of anilines is 1. The number of fused-ring (bicyclic) bond motifs is 1. The molecule has 3 rings (SSSR count). The van der Waals surface area contributed by atoms with E-state index in [1.54, 1.807) is 6.92 Å². The second-order valence-corrected chi connectivity index (χ2v) is 7.84. The van der Waals surface area contributed by atoms with E-state index in [-0.39, 0.29) is 19.2 Å². The molecule has 1 amide bonds. The Balaban J connectivity index is 1.62. The topological polar surface area (TPSA) is 77.1 Å². The Bertz CT molecular complexity index is 893.